The molecule has 0 amide bonds. The molecule has 1 N–H and O–H groups in total. The number of hydrogen-bond acceptors (Lipinski definition) is 1. The minimum Gasteiger partial charge on any atom is -0.393 e. The number of aliphatic hydroxyl groups is 1. The molecule has 0 aromatic rings. The van der Waals surface area contributed by atoms with Crippen molar-refractivity contribution in [2.45, 2.75) is 112 Å². The Bertz CT molecular complexity index is 686. The van der Waals surface area contributed by atoms with Crippen molar-refractivity contribution in [1.29, 1.82) is 0 Å². The van der Waals surface area contributed by atoms with Gasteiger partial charge < -0.3 is 5.11 Å². The minimum absolute atomic E-state index is 0.0849. The van der Waals surface area contributed by atoms with Gasteiger partial charge in [-0.2, -0.15) is 0 Å². The van der Waals surface area contributed by atoms with Gasteiger partial charge in [0.2, 0.25) is 0 Å². The molecule has 1 nitrogen and oxygen atoms in total. The SMILES string of the molecule is CC/C(=C/C[C@@H](C)[C@H]1CC[C@H]2[C@@H]3CC=C4CC(O)CC[C@]4(C)[C@H]3CC[C@]12C)C(C)C. The predicted molar refractivity (Wildman–Crippen MR) is 128 cm³/mol. The van der Waals surface area contributed by atoms with E-state index in [1.807, 2.05) is 0 Å². The summed E-state index contributed by atoms with van der Waals surface area (Å²) in [5.41, 5.74) is 4.19. The molecule has 3 fully saturated rings. The van der Waals surface area contributed by atoms with Crippen LogP contribution in [0.5, 0.6) is 0 Å². The van der Waals surface area contributed by atoms with Gasteiger partial charge in [-0.15, -0.1) is 0 Å². The molecule has 0 bridgehead atoms. The highest BCUT2D eigenvalue weighted by Crippen LogP contribution is 2.67. The Morgan fingerprint density at radius 3 is 2.57 bits per heavy atom. The lowest BCUT2D eigenvalue weighted by Crippen LogP contribution is -2.50. The van der Waals surface area contributed by atoms with E-state index >= 15 is 0 Å². The number of rotatable bonds is 5. The van der Waals surface area contributed by atoms with Gasteiger partial charge in [0.15, 0.2) is 0 Å². The van der Waals surface area contributed by atoms with E-state index in [-0.39, 0.29) is 6.10 Å². The predicted octanol–water partition coefficient (Wildman–Crippen LogP) is 7.94. The summed E-state index contributed by atoms with van der Waals surface area (Å²) < 4.78 is 0. The molecule has 0 aromatic heterocycles. The van der Waals surface area contributed by atoms with E-state index in [9.17, 15) is 5.11 Å². The number of aliphatic hydroxyl groups excluding tert-OH is 1. The summed E-state index contributed by atoms with van der Waals surface area (Å²) in [6, 6.07) is 0. The Labute approximate surface area is 186 Å². The quantitative estimate of drug-likeness (QED) is 0.454. The Hall–Kier alpha value is -0.560. The summed E-state index contributed by atoms with van der Waals surface area (Å²) in [5.74, 6) is 5.09. The standard InChI is InChI=1S/C29H48O/c1-7-21(19(2)3)9-8-20(4)25-12-13-26-24-11-10-22-18-23(30)14-16-28(22,5)27(24)15-17-29(25,26)6/h9-10,19-20,23-27,30H,7-8,11-18H2,1-6H3/b21-9-/t20-,23?,24+,25-,26+,27+,28+,29-/m1/s1. The first-order valence-corrected chi connectivity index (χ1v) is 13.3. The van der Waals surface area contributed by atoms with E-state index < -0.39 is 0 Å². The van der Waals surface area contributed by atoms with Gasteiger partial charge in [0.05, 0.1) is 6.10 Å². The highest BCUT2D eigenvalue weighted by molar-refractivity contribution is 5.25. The number of allylic oxidation sites excluding steroid dienone is 3. The Kier molecular flexibility index (Phi) is 6.35. The molecule has 1 heteroatoms. The van der Waals surface area contributed by atoms with Crippen molar-refractivity contribution in [1.82, 2.24) is 0 Å². The van der Waals surface area contributed by atoms with Crippen LogP contribution in [-0.4, -0.2) is 11.2 Å². The monoisotopic (exact) mass is 412 g/mol. The van der Waals surface area contributed by atoms with Crippen LogP contribution in [0.4, 0.5) is 0 Å². The Morgan fingerprint density at radius 1 is 1.10 bits per heavy atom. The normalized spacial score (nSPS) is 44.9. The second-order valence-electron chi connectivity index (χ2n) is 12.4. The van der Waals surface area contributed by atoms with Gasteiger partial charge in [0, 0.05) is 0 Å². The average molecular weight is 413 g/mol. The summed E-state index contributed by atoms with van der Waals surface area (Å²) in [4.78, 5) is 0. The molecule has 3 saturated carbocycles. The summed E-state index contributed by atoms with van der Waals surface area (Å²) in [6.45, 7) is 14.8. The van der Waals surface area contributed by atoms with Crippen LogP contribution in [0.25, 0.3) is 0 Å². The number of hydrogen-bond donors (Lipinski definition) is 1. The first kappa shape index (κ1) is 22.6. The second-order valence-corrected chi connectivity index (χ2v) is 12.4. The molecule has 0 saturated heterocycles. The van der Waals surface area contributed by atoms with Crippen molar-refractivity contribution in [2.24, 2.45) is 46.3 Å². The van der Waals surface area contributed by atoms with Gasteiger partial charge in [-0.25, -0.2) is 0 Å². The number of fused-ring (bicyclic) bond motifs is 5. The lowest BCUT2D eigenvalue weighted by molar-refractivity contribution is -0.0565. The van der Waals surface area contributed by atoms with Gasteiger partial charge in [-0.1, -0.05) is 64.8 Å². The van der Waals surface area contributed by atoms with Gasteiger partial charge in [0.25, 0.3) is 0 Å². The summed E-state index contributed by atoms with van der Waals surface area (Å²) in [5, 5.41) is 10.2. The van der Waals surface area contributed by atoms with E-state index in [1.54, 1.807) is 11.1 Å². The smallest absolute Gasteiger partial charge is 0.0577 e. The van der Waals surface area contributed by atoms with Crippen molar-refractivity contribution in [2.75, 3.05) is 0 Å². The van der Waals surface area contributed by atoms with Gasteiger partial charge >= 0.3 is 0 Å². The summed E-state index contributed by atoms with van der Waals surface area (Å²) in [7, 11) is 0. The van der Waals surface area contributed by atoms with Crippen LogP contribution in [0.1, 0.15) is 106 Å². The van der Waals surface area contributed by atoms with Crippen molar-refractivity contribution in [3.63, 3.8) is 0 Å². The fourth-order valence-electron chi connectivity index (χ4n) is 8.91. The van der Waals surface area contributed by atoms with E-state index in [0.29, 0.717) is 16.7 Å². The Balaban J connectivity index is 1.51. The molecule has 4 aliphatic carbocycles. The second kappa shape index (κ2) is 8.42. The molecule has 1 unspecified atom stereocenters. The lowest BCUT2D eigenvalue weighted by Gasteiger charge is -2.58. The topological polar surface area (TPSA) is 20.2 Å². The van der Waals surface area contributed by atoms with Gasteiger partial charge in [0.1, 0.15) is 0 Å². The summed E-state index contributed by atoms with van der Waals surface area (Å²) >= 11 is 0. The van der Waals surface area contributed by atoms with Crippen LogP contribution in [-0.2, 0) is 0 Å². The zero-order valence-corrected chi connectivity index (χ0v) is 20.7. The zero-order chi connectivity index (χ0) is 21.7. The maximum absolute atomic E-state index is 10.2. The van der Waals surface area contributed by atoms with Crippen LogP contribution in [0.2, 0.25) is 0 Å². The molecule has 0 aliphatic heterocycles. The van der Waals surface area contributed by atoms with Crippen LogP contribution in [0.15, 0.2) is 23.3 Å². The largest absolute Gasteiger partial charge is 0.393 e. The fourth-order valence-corrected chi connectivity index (χ4v) is 8.91. The average Bonchev–Trinajstić information content (AvgIpc) is 3.06. The lowest BCUT2D eigenvalue weighted by atomic mass is 9.47. The molecular formula is C29H48O. The van der Waals surface area contributed by atoms with Crippen molar-refractivity contribution < 1.29 is 5.11 Å². The molecule has 4 aliphatic rings. The molecule has 4 rings (SSSR count). The summed E-state index contributed by atoms with van der Waals surface area (Å²) in [6.07, 6.45) is 17.8. The molecule has 170 valence electrons. The maximum Gasteiger partial charge on any atom is 0.0577 e. The van der Waals surface area contributed by atoms with Crippen LogP contribution < -0.4 is 0 Å². The molecule has 8 atom stereocenters. The van der Waals surface area contributed by atoms with Crippen molar-refractivity contribution in [3.05, 3.63) is 23.3 Å². The van der Waals surface area contributed by atoms with E-state index in [1.165, 1.54) is 51.4 Å². The highest BCUT2D eigenvalue weighted by Gasteiger charge is 2.59. The third-order valence-electron chi connectivity index (χ3n) is 10.7. The van der Waals surface area contributed by atoms with Crippen molar-refractivity contribution >= 4 is 0 Å². The Morgan fingerprint density at radius 2 is 1.87 bits per heavy atom. The van der Waals surface area contributed by atoms with Crippen LogP contribution in [0.3, 0.4) is 0 Å². The van der Waals surface area contributed by atoms with Gasteiger partial charge in [-0.3, -0.25) is 0 Å². The maximum atomic E-state index is 10.2. The third-order valence-corrected chi connectivity index (χ3v) is 10.7. The van der Waals surface area contributed by atoms with E-state index in [2.05, 4.69) is 53.7 Å². The molecule has 0 spiro atoms. The van der Waals surface area contributed by atoms with Crippen LogP contribution in [0, 0.1) is 46.3 Å². The molecule has 30 heavy (non-hydrogen) atoms. The van der Waals surface area contributed by atoms with E-state index in [4.69, 9.17) is 0 Å². The molecule has 0 aromatic carbocycles. The molecular weight excluding hydrogens is 364 g/mol. The van der Waals surface area contributed by atoms with E-state index in [0.717, 1.165) is 42.4 Å². The third kappa shape index (κ3) is 3.66. The first-order chi connectivity index (χ1) is 14.2. The molecule has 0 heterocycles. The molecule has 0 radical (unpaired) electrons. The first-order valence-electron chi connectivity index (χ1n) is 13.3. The highest BCUT2D eigenvalue weighted by atomic mass is 16.3. The van der Waals surface area contributed by atoms with Crippen LogP contribution >= 0.6 is 0 Å². The zero-order valence-electron chi connectivity index (χ0n) is 20.7. The van der Waals surface area contributed by atoms with Gasteiger partial charge in [-0.05, 0) is 111 Å². The minimum atomic E-state index is -0.0849. The fraction of sp³-hybridized carbons (Fsp3) is 0.862. The van der Waals surface area contributed by atoms with Crippen molar-refractivity contribution in [3.8, 4) is 0 Å².